The summed E-state index contributed by atoms with van der Waals surface area (Å²) in [6, 6.07) is -2.49. The van der Waals surface area contributed by atoms with Crippen LogP contribution in [0.5, 0.6) is 0 Å². The molecule has 154 valence electrons. The van der Waals surface area contributed by atoms with Crippen molar-refractivity contribution in [1.29, 1.82) is 0 Å². The first-order chi connectivity index (χ1) is 12.5. The Morgan fingerprint density at radius 1 is 1.30 bits per heavy atom. The van der Waals surface area contributed by atoms with Gasteiger partial charge in [0.1, 0.15) is 11.6 Å². The number of methoxy groups -OCH3 is 1. The molecule has 2 bridgehead atoms. The van der Waals surface area contributed by atoms with E-state index in [-0.39, 0.29) is 19.4 Å². The van der Waals surface area contributed by atoms with Gasteiger partial charge >= 0.3 is 18.1 Å². The summed E-state index contributed by atoms with van der Waals surface area (Å²) >= 11 is 0. The molecule has 0 radical (unpaired) electrons. The van der Waals surface area contributed by atoms with E-state index in [2.05, 4.69) is 4.84 Å². The van der Waals surface area contributed by atoms with E-state index in [1.807, 2.05) is 0 Å². The molecule has 0 aromatic rings. The van der Waals surface area contributed by atoms with Crippen molar-refractivity contribution in [2.24, 2.45) is 5.73 Å². The minimum Gasteiger partial charge on any atom is -0.453 e. The number of carbonyl (C=O) groups is 3. The largest absolute Gasteiger partial charge is 0.477 e. The average Bonchev–Trinajstić information content (AvgIpc) is 2.79. The Hall–Kier alpha value is -2.01. The van der Waals surface area contributed by atoms with Crippen molar-refractivity contribution in [3.63, 3.8) is 0 Å². The number of piperidine rings is 1. The highest BCUT2D eigenvalue weighted by Gasteiger charge is 2.54. The summed E-state index contributed by atoms with van der Waals surface area (Å²) in [7, 11) is 1.50. The molecule has 2 aliphatic heterocycles. The lowest BCUT2D eigenvalue weighted by atomic mass is 10.0. The number of nitrogens with two attached hydrogens (primary N) is 1. The molecular formula is C16H25F2N3O6. The van der Waals surface area contributed by atoms with Gasteiger partial charge in [-0.3, -0.25) is 4.79 Å². The van der Waals surface area contributed by atoms with Crippen molar-refractivity contribution in [3.05, 3.63) is 0 Å². The van der Waals surface area contributed by atoms with Crippen molar-refractivity contribution in [3.8, 4) is 0 Å². The Kier molecular flexibility index (Phi) is 6.25. The highest BCUT2D eigenvalue weighted by atomic mass is 19.3. The zero-order chi connectivity index (χ0) is 20.4. The second kappa shape index (κ2) is 7.93. The number of rotatable bonds is 9. The molecule has 2 atom stereocenters. The summed E-state index contributed by atoms with van der Waals surface area (Å²) in [5.74, 6) is -2.60. The van der Waals surface area contributed by atoms with Crippen LogP contribution in [0.2, 0.25) is 0 Å². The van der Waals surface area contributed by atoms with Gasteiger partial charge in [0.2, 0.25) is 5.91 Å². The Morgan fingerprint density at radius 2 is 1.96 bits per heavy atom. The molecule has 0 aromatic heterocycles. The topological polar surface area (TPSA) is 111 Å². The SMILES string of the molecule is COCCCC(C)(C)OC(=O)C(F)(F)ON1C(=O)N2C[C@H]1CC[C@H]2C(N)=O. The zero-order valence-electron chi connectivity index (χ0n) is 15.6. The second-order valence-electron chi connectivity index (χ2n) is 7.26. The first-order valence-corrected chi connectivity index (χ1v) is 8.67. The van der Waals surface area contributed by atoms with Crippen LogP contribution < -0.4 is 5.73 Å². The fourth-order valence-electron chi connectivity index (χ4n) is 3.21. The molecule has 27 heavy (non-hydrogen) atoms. The van der Waals surface area contributed by atoms with E-state index in [4.69, 9.17) is 15.2 Å². The molecule has 2 aliphatic rings. The maximum atomic E-state index is 14.2. The fourth-order valence-corrected chi connectivity index (χ4v) is 3.21. The number of urea groups is 1. The summed E-state index contributed by atoms with van der Waals surface area (Å²) in [5, 5.41) is 0.447. The van der Waals surface area contributed by atoms with E-state index in [9.17, 15) is 23.2 Å². The number of hydrogen-bond acceptors (Lipinski definition) is 6. The van der Waals surface area contributed by atoms with Crippen LogP contribution in [0.15, 0.2) is 0 Å². The molecule has 0 spiro atoms. The molecule has 2 N–H and O–H groups in total. The number of carbonyl (C=O) groups excluding carboxylic acids is 3. The van der Waals surface area contributed by atoms with Crippen LogP contribution in [-0.2, 0) is 23.9 Å². The first-order valence-electron chi connectivity index (χ1n) is 8.67. The number of amides is 3. The zero-order valence-corrected chi connectivity index (χ0v) is 15.6. The van der Waals surface area contributed by atoms with Crippen LogP contribution in [0.4, 0.5) is 13.6 Å². The Balaban J connectivity index is 2.00. The number of esters is 1. The van der Waals surface area contributed by atoms with Crippen LogP contribution in [0.1, 0.15) is 39.5 Å². The number of fused-ring (bicyclic) bond motifs is 2. The predicted octanol–water partition coefficient (Wildman–Crippen LogP) is 1.01. The van der Waals surface area contributed by atoms with Gasteiger partial charge in [-0.05, 0) is 39.5 Å². The molecule has 0 saturated carbocycles. The molecule has 2 heterocycles. The van der Waals surface area contributed by atoms with Gasteiger partial charge in [-0.25, -0.2) is 9.59 Å². The molecule has 0 aromatic carbocycles. The molecular weight excluding hydrogens is 368 g/mol. The van der Waals surface area contributed by atoms with Crippen molar-refractivity contribution in [1.82, 2.24) is 9.96 Å². The molecule has 0 unspecified atom stereocenters. The third kappa shape index (κ3) is 4.83. The number of ether oxygens (including phenoxy) is 2. The lowest BCUT2D eigenvalue weighted by Crippen LogP contribution is -2.48. The molecule has 11 heteroatoms. The summed E-state index contributed by atoms with van der Waals surface area (Å²) < 4.78 is 38.2. The second-order valence-corrected chi connectivity index (χ2v) is 7.26. The van der Waals surface area contributed by atoms with E-state index >= 15 is 0 Å². The molecule has 2 saturated heterocycles. The van der Waals surface area contributed by atoms with Gasteiger partial charge in [-0.15, -0.1) is 0 Å². The lowest BCUT2D eigenvalue weighted by Gasteiger charge is -2.29. The Morgan fingerprint density at radius 3 is 2.56 bits per heavy atom. The quantitative estimate of drug-likeness (QED) is 0.462. The number of primary amides is 1. The monoisotopic (exact) mass is 393 g/mol. The summed E-state index contributed by atoms with van der Waals surface area (Å²) in [6.07, 6.45) is -3.03. The minimum atomic E-state index is -4.35. The van der Waals surface area contributed by atoms with Gasteiger partial charge < -0.3 is 20.1 Å². The number of nitrogens with zero attached hydrogens (tertiary/aromatic N) is 2. The fraction of sp³-hybridized carbons (Fsp3) is 0.812. The normalized spacial score (nSPS) is 22.9. The molecule has 3 amide bonds. The maximum Gasteiger partial charge on any atom is 0.477 e. The summed E-state index contributed by atoms with van der Waals surface area (Å²) in [4.78, 5) is 41.1. The van der Waals surface area contributed by atoms with E-state index < -0.39 is 41.7 Å². The first kappa shape index (κ1) is 21.3. The van der Waals surface area contributed by atoms with E-state index in [0.717, 1.165) is 4.90 Å². The molecule has 9 nitrogen and oxygen atoms in total. The highest BCUT2D eigenvalue weighted by molar-refractivity contribution is 5.87. The standard InChI is InChI=1S/C16H25F2N3O6/c1-15(2,7-4-8-25-3)26-13(23)16(17,18)27-21-10-5-6-11(12(19)22)20(9-10)14(21)24/h10-11H,4-9H2,1-3H3,(H2,19,22)/t10-,11+/m1/s1. The van der Waals surface area contributed by atoms with Gasteiger partial charge in [0.15, 0.2) is 0 Å². The van der Waals surface area contributed by atoms with Crippen LogP contribution in [0.3, 0.4) is 0 Å². The number of hydroxylamine groups is 2. The van der Waals surface area contributed by atoms with Gasteiger partial charge in [0, 0.05) is 20.3 Å². The van der Waals surface area contributed by atoms with Crippen LogP contribution in [0, 0.1) is 0 Å². The smallest absolute Gasteiger partial charge is 0.453 e. The predicted molar refractivity (Wildman–Crippen MR) is 87.3 cm³/mol. The van der Waals surface area contributed by atoms with Crippen LogP contribution in [0.25, 0.3) is 0 Å². The Labute approximate surface area is 155 Å². The maximum absolute atomic E-state index is 14.2. The number of alkyl halides is 2. The molecule has 0 aliphatic carbocycles. The van der Waals surface area contributed by atoms with Gasteiger partial charge in [0.05, 0.1) is 6.04 Å². The van der Waals surface area contributed by atoms with E-state index in [1.165, 1.54) is 21.0 Å². The van der Waals surface area contributed by atoms with Crippen LogP contribution in [-0.4, -0.2) is 71.9 Å². The highest BCUT2D eigenvalue weighted by Crippen LogP contribution is 2.34. The summed E-state index contributed by atoms with van der Waals surface area (Å²) in [6.45, 7) is 3.41. The summed E-state index contributed by atoms with van der Waals surface area (Å²) in [5.41, 5.74) is 4.07. The van der Waals surface area contributed by atoms with Crippen molar-refractivity contribution in [2.45, 2.75) is 63.3 Å². The van der Waals surface area contributed by atoms with Gasteiger partial charge in [-0.1, -0.05) is 0 Å². The van der Waals surface area contributed by atoms with Crippen LogP contribution >= 0.6 is 0 Å². The van der Waals surface area contributed by atoms with E-state index in [1.54, 1.807) is 0 Å². The number of hydrogen-bond donors (Lipinski definition) is 1. The minimum absolute atomic E-state index is 0.0279. The third-order valence-corrected chi connectivity index (χ3v) is 4.60. The Bertz CT molecular complexity index is 601. The van der Waals surface area contributed by atoms with Crippen molar-refractivity contribution in [2.75, 3.05) is 20.3 Å². The van der Waals surface area contributed by atoms with E-state index in [0.29, 0.717) is 24.5 Å². The van der Waals surface area contributed by atoms with Crippen molar-refractivity contribution < 1.29 is 37.5 Å². The molecule has 2 rings (SSSR count). The van der Waals surface area contributed by atoms with Crippen molar-refractivity contribution >= 4 is 17.9 Å². The third-order valence-electron chi connectivity index (χ3n) is 4.60. The van der Waals surface area contributed by atoms with Gasteiger partial charge in [0.25, 0.3) is 0 Å². The number of halogens is 2. The average molecular weight is 393 g/mol. The van der Waals surface area contributed by atoms with Gasteiger partial charge in [-0.2, -0.15) is 18.7 Å². The molecule has 2 fully saturated rings. The lowest BCUT2D eigenvalue weighted by molar-refractivity contribution is -0.332.